The van der Waals surface area contributed by atoms with Crippen molar-refractivity contribution in [2.45, 2.75) is 39.1 Å². The van der Waals surface area contributed by atoms with Crippen molar-refractivity contribution < 1.29 is 9.64 Å². The lowest BCUT2D eigenvalue weighted by atomic mass is 10.2. The molecule has 0 bridgehead atoms. The number of imidazole rings is 1. The van der Waals surface area contributed by atoms with Crippen LogP contribution in [0.2, 0.25) is 0 Å². The van der Waals surface area contributed by atoms with Gasteiger partial charge >= 0.3 is 5.69 Å². The van der Waals surface area contributed by atoms with Crippen molar-refractivity contribution in [3.8, 4) is 0 Å². The van der Waals surface area contributed by atoms with E-state index in [0.29, 0.717) is 24.3 Å². The number of aromatic nitrogens is 4. The van der Waals surface area contributed by atoms with Gasteiger partial charge in [-0.05, 0) is 19.4 Å². The summed E-state index contributed by atoms with van der Waals surface area (Å²) in [6.07, 6.45) is 0.358. The third-order valence-electron chi connectivity index (χ3n) is 5.29. The Morgan fingerprint density at radius 3 is 2.54 bits per heavy atom. The molecule has 0 unspecified atom stereocenters. The largest absolute Gasteiger partial charge is 0.364 e. The molecular formula is C20H26N5O3+. The fraction of sp³-hybridized carbons (Fsp3) is 0.450. The summed E-state index contributed by atoms with van der Waals surface area (Å²) in [5.74, 6) is 0.807. The van der Waals surface area contributed by atoms with E-state index in [9.17, 15) is 9.59 Å². The van der Waals surface area contributed by atoms with Crippen molar-refractivity contribution in [1.29, 1.82) is 0 Å². The molecule has 28 heavy (non-hydrogen) atoms. The molecule has 2 N–H and O–H groups in total. The summed E-state index contributed by atoms with van der Waals surface area (Å²) in [5.41, 5.74) is 1.10. The number of ether oxygens (including phenoxy) is 1. The van der Waals surface area contributed by atoms with E-state index in [0.717, 1.165) is 24.5 Å². The summed E-state index contributed by atoms with van der Waals surface area (Å²) in [4.78, 5) is 33.1. The molecule has 148 valence electrons. The summed E-state index contributed by atoms with van der Waals surface area (Å²) >= 11 is 0. The van der Waals surface area contributed by atoms with Crippen molar-refractivity contribution in [2.75, 3.05) is 13.1 Å². The third-order valence-corrected chi connectivity index (χ3v) is 5.29. The molecule has 2 aromatic heterocycles. The molecule has 0 radical (unpaired) electrons. The first-order chi connectivity index (χ1) is 13.4. The maximum absolute atomic E-state index is 12.6. The van der Waals surface area contributed by atoms with Gasteiger partial charge in [0.1, 0.15) is 31.8 Å². The van der Waals surface area contributed by atoms with Crippen LogP contribution in [0.3, 0.4) is 0 Å². The van der Waals surface area contributed by atoms with Crippen LogP contribution in [0.4, 0.5) is 0 Å². The van der Waals surface area contributed by atoms with Gasteiger partial charge in [0.25, 0.3) is 5.56 Å². The minimum atomic E-state index is -0.450. The number of nitrogens with zero attached hydrogens (tertiary/aromatic N) is 3. The SMILES string of the molecule is C[C@@H]1C[NH+](Cc2nc3c(c(=O)[nH]c(=O)n3C)n2Cc2ccccc2)C[C@@H](C)O1. The van der Waals surface area contributed by atoms with E-state index in [1.807, 2.05) is 34.9 Å². The highest BCUT2D eigenvalue weighted by molar-refractivity contribution is 5.71. The minimum Gasteiger partial charge on any atom is -0.364 e. The molecule has 8 nitrogen and oxygen atoms in total. The first-order valence-corrected chi connectivity index (χ1v) is 9.63. The molecule has 2 atom stereocenters. The maximum atomic E-state index is 12.6. The summed E-state index contributed by atoms with van der Waals surface area (Å²) in [5, 5.41) is 0. The number of aryl methyl sites for hydroxylation is 1. The molecule has 1 saturated heterocycles. The molecule has 0 aliphatic carbocycles. The smallest absolute Gasteiger partial charge is 0.329 e. The van der Waals surface area contributed by atoms with Crippen LogP contribution in [-0.4, -0.2) is 44.4 Å². The van der Waals surface area contributed by atoms with E-state index < -0.39 is 11.2 Å². The summed E-state index contributed by atoms with van der Waals surface area (Å²) < 4.78 is 9.19. The van der Waals surface area contributed by atoms with Crippen LogP contribution in [0, 0.1) is 0 Å². The Kier molecular flexibility index (Phi) is 4.91. The molecule has 0 amide bonds. The molecule has 4 rings (SSSR count). The molecule has 1 aliphatic heterocycles. The average molecular weight is 384 g/mol. The number of hydrogen-bond donors (Lipinski definition) is 2. The minimum absolute atomic E-state index is 0.179. The molecule has 1 aliphatic rings. The van der Waals surface area contributed by atoms with Gasteiger partial charge in [-0.2, -0.15) is 0 Å². The number of H-pyrrole nitrogens is 1. The molecule has 0 spiro atoms. The average Bonchev–Trinajstić information content (AvgIpc) is 2.98. The Bertz CT molecular complexity index is 1090. The number of morpholine rings is 1. The van der Waals surface area contributed by atoms with Crippen LogP contribution in [0.25, 0.3) is 11.2 Å². The number of hydrogen-bond acceptors (Lipinski definition) is 4. The number of rotatable bonds is 4. The number of quaternary nitrogens is 1. The monoisotopic (exact) mass is 384 g/mol. The number of nitrogens with one attached hydrogen (secondary N) is 2. The molecule has 3 aromatic rings. The second-order valence-corrected chi connectivity index (χ2v) is 7.68. The standard InChI is InChI=1S/C20H25N5O3/c1-13-9-24(10-14(2)28-13)12-16-21-18-17(19(26)22-20(27)23(18)3)25(16)11-15-7-5-4-6-8-15/h4-8,13-14H,9-12H2,1-3H3,(H,22,26,27)/p+1/t13-,14-/m1/s1. The number of aromatic amines is 1. The lowest BCUT2D eigenvalue weighted by Crippen LogP contribution is -3.14. The van der Waals surface area contributed by atoms with Crippen LogP contribution in [0.5, 0.6) is 0 Å². The highest BCUT2D eigenvalue weighted by Gasteiger charge is 2.28. The van der Waals surface area contributed by atoms with Gasteiger partial charge in [-0.15, -0.1) is 0 Å². The highest BCUT2D eigenvalue weighted by Crippen LogP contribution is 2.14. The van der Waals surface area contributed by atoms with Crippen LogP contribution in [0.15, 0.2) is 39.9 Å². The van der Waals surface area contributed by atoms with Crippen molar-refractivity contribution >= 4 is 11.2 Å². The number of fused-ring (bicyclic) bond motifs is 1. The quantitative estimate of drug-likeness (QED) is 0.645. The zero-order valence-corrected chi connectivity index (χ0v) is 16.4. The molecular weight excluding hydrogens is 358 g/mol. The second-order valence-electron chi connectivity index (χ2n) is 7.68. The summed E-state index contributed by atoms with van der Waals surface area (Å²) in [6.45, 7) is 7.13. The summed E-state index contributed by atoms with van der Waals surface area (Å²) in [6, 6.07) is 9.97. The predicted molar refractivity (Wildman–Crippen MR) is 106 cm³/mol. The lowest BCUT2D eigenvalue weighted by molar-refractivity contribution is -0.929. The van der Waals surface area contributed by atoms with E-state index in [4.69, 9.17) is 9.72 Å². The molecule has 0 saturated carbocycles. The Morgan fingerprint density at radius 1 is 1.18 bits per heavy atom. The van der Waals surface area contributed by atoms with E-state index in [-0.39, 0.29) is 12.2 Å². The van der Waals surface area contributed by atoms with Crippen LogP contribution in [0.1, 0.15) is 25.2 Å². The zero-order chi connectivity index (χ0) is 19.8. The van der Waals surface area contributed by atoms with Crippen LogP contribution >= 0.6 is 0 Å². The van der Waals surface area contributed by atoms with Gasteiger partial charge in [-0.25, -0.2) is 9.78 Å². The van der Waals surface area contributed by atoms with E-state index in [2.05, 4.69) is 18.8 Å². The van der Waals surface area contributed by atoms with Crippen LogP contribution in [-0.2, 0) is 24.9 Å². The number of benzene rings is 1. The first kappa shape index (κ1) is 18.6. The van der Waals surface area contributed by atoms with Crippen LogP contribution < -0.4 is 16.1 Å². The lowest BCUT2D eigenvalue weighted by Gasteiger charge is -2.32. The zero-order valence-electron chi connectivity index (χ0n) is 16.4. The van der Waals surface area contributed by atoms with E-state index in [1.54, 1.807) is 7.05 Å². The molecule has 1 fully saturated rings. The predicted octanol–water partition coefficient (Wildman–Crippen LogP) is -0.336. The third kappa shape index (κ3) is 3.53. The van der Waals surface area contributed by atoms with Gasteiger partial charge in [0.2, 0.25) is 0 Å². The topological polar surface area (TPSA) is 86.4 Å². The Labute approximate surface area is 162 Å². The Balaban J connectivity index is 1.81. The highest BCUT2D eigenvalue weighted by atomic mass is 16.5. The molecule has 3 heterocycles. The molecule has 1 aromatic carbocycles. The summed E-state index contributed by atoms with van der Waals surface area (Å²) in [7, 11) is 1.63. The van der Waals surface area contributed by atoms with Gasteiger partial charge in [-0.3, -0.25) is 14.3 Å². The molecule has 8 heteroatoms. The van der Waals surface area contributed by atoms with Gasteiger partial charge in [0.15, 0.2) is 17.0 Å². The van der Waals surface area contributed by atoms with Gasteiger partial charge in [0, 0.05) is 13.6 Å². The van der Waals surface area contributed by atoms with Crippen molar-refractivity contribution in [2.24, 2.45) is 7.05 Å². The van der Waals surface area contributed by atoms with Gasteiger partial charge < -0.3 is 14.2 Å². The van der Waals surface area contributed by atoms with Crippen molar-refractivity contribution in [3.05, 3.63) is 62.6 Å². The maximum Gasteiger partial charge on any atom is 0.329 e. The van der Waals surface area contributed by atoms with E-state index >= 15 is 0 Å². The Hall–Kier alpha value is -2.71. The van der Waals surface area contributed by atoms with E-state index in [1.165, 1.54) is 9.47 Å². The fourth-order valence-electron chi connectivity index (χ4n) is 4.11. The fourth-order valence-corrected chi connectivity index (χ4v) is 4.11. The van der Waals surface area contributed by atoms with Crippen molar-refractivity contribution in [3.63, 3.8) is 0 Å². The van der Waals surface area contributed by atoms with Gasteiger partial charge in [-0.1, -0.05) is 30.3 Å². The first-order valence-electron chi connectivity index (χ1n) is 9.63. The van der Waals surface area contributed by atoms with Crippen molar-refractivity contribution in [1.82, 2.24) is 19.1 Å². The van der Waals surface area contributed by atoms with Gasteiger partial charge in [0.05, 0.1) is 0 Å². The second kappa shape index (κ2) is 7.37. The Morgan fingerprint density at radius 2 is 1.86 bits per heavy atom. The normalized spacial score (nSPS) is 22.6.